The van der Waals surface area contributed by atoms with E-state index < -0.39 is 6.28 Å². The molecule has 0 bridgehead atoms. The SMILES string of the molecule is c1ccc(C2=C(c3cccs3)[B-](c3cccs3)(c3cccs3)[n+]3ccccc32)cc1. The third-order valence-electron chi connectivity index (χ3n) is 6.01. The summed E-state index contributed by atoms with van der Waals surface area (Å²) in [6, 6.07) is 30.9. The third-order valence-corrected chi connectivity index (χ3v) is 9.00. The molecule has 0 radical (unpaired) electrons. The molecule has 5 aromatic rings. The average Bonchev–Trinajstić information content (AvgIpc) is 3.60. The summed E-state index contributed by atoms with van der Waals surface area (Å²) in [6.07, 6.45) is 0.978. The molecule has 1 aromatic carbocycles. The fourth-order valence-electron chi connectivity index (χ4n) is 4.92. The predicted molar refractivity (Wildman–Crippen MR) is 132 cm³/mol. The lowest BCUT2D eigenvalue weighted by atomic mass is 9.29. The van der Waals surface area contributed by atoms with Gasteiger partial charge in [-0.05, 0) is 33.8 Å². The molecule has 0 unspecified atom stereocenters. The van der Waals surface area contributed by atoms with E-state index in [-0.39, 0.29) is 0 Å². The molecule has 144 valence electrons. The van der Waals surface area contributed by atoms with Crippen molar-refractivity contribution in [3.05, 3.63) is 123 Å². The number of nitrogens with zero attached hydrogens (tertiary/aromatic N) is 1. The fraction of sp³-hybridized carbons (Fsp3) is 0. The van der Waals surface area contributed by atoms with Crippen molar-refractivity contribution < 1.29 is 4.48 Å². The minimum Gasteiger partial charge on any atom is -0.407 e. The van der Waals surface area contributed by atoms with Crippen LogP contribution in [0.5, 0.6) is 0 Å². The molecule has 5 heterocycles. The quantitative estimate of drug-likeness (QED) is 0.336. The average molecular weight is 439 g/mol. The van der Waals surface area contributed by atoms with Gasteiger partial charge in [0.05, 0.1) is 0 Å². The van der Waals surface area contributed by atoms with E-state index in [0.29, 0.717) is 0 Å². The Morgan fingerprint density at radius 1 is 0.600 bits per heavy atom. The van der Waals surface area contributed by atoms with E-state index >= 15 is 0 Å². The van der Waals surface area contributed by atoms with Gasteiger partial charge in [-0.15, -0.1) is 11.3 Å². The molecule has 0 aliphatic carbocycles. The Hall–Kier alpha value is -2.73. The number of aromatic nitrogens is 1. The fourth-order valence-corrected chi connectivity index (χ4v) is 7.91. The molecule has 6 rings (SSSR count). The van der Waals surface area contributed by atoms with Crippen molar-refractivity contribution in [2.24, 2.45) is 0 Å². The van der Waals surface area contributed by atoms with Crippen LogP contribution in [0.25, 0.3) is 11.0 Å². The first kappa shape index (κ1) is 18.1. The van der Waals surface area contributed by atoms with Gasteiger partial charge in [0.15, 0.2) is 5.69 Å². The van der Waals surface area contributed by atoms with Gasteiger partial charge in [0.2, 0.25) is 0 Å². The van der Waals surface area contributed by atoms with Crippen molar-refractivity contribution in [3.63, 3.8) is 0 Å². The van der Waals surface area contributed by atoms with Gasteiger partial charge >= 0.3 is 6.28 Å². The van der Waals surface area contributed by atoms with Gasteiger partial charge in [-0.25, -0.2) is 0 Å². The highest BCUT2D eigenvalue weighted by Crippen LogP contribution is 2.42. The van der Waals surface area contributed by atoms with Crippen LogP contribution < -0.4 is 14.0 Å². The Morgan fingerprint density at radius 2 is 1.27 bits per heavy atom. The Balaban J connectivity index is 1.83. The van der Waals surface area contributed by atoms with Crippen molar-refractivity contribution >= 4 is 60.9 Å². The Morgan fingerprint density at radius 3 is 1.90 bits per heavy atom. The van der Waals surface area contributed by atoms with Gasteiger partial charge in [-0.1, -0.05) is 81.8 Å². The third kappa shape index (κ3) is 2.49. The monoisotopic (exact) mass is 439 g/mol. The molecular formula is C25H18BNS3. The summed E-state index contributed by atoms with van der Waals surface area (Å²) in [5, 5.41) is 6.62. The molecule has 1 aliphatic heterocycles. The maximum atomic E-state index is 2.55. The van der Waals surface area contributed by atoms with Crippen LogP contribution in [0.4, 0.5) is 0 Å². The number of fused-ring (bicyclic) bond motifs is 1. The number of pyridine rings is 1. The lowest BCUT2D eigenvalue weighted by Crippen LogP contribution is -2.76. The second kappa shape index (κ2) is 7.20. The van der Waals surface area contributed by atoms with Crippen LogP contribution in [0.15, 0.2) is 107 Å². The Bertz CT molecular complexity index is 1280. The zero-order chi connectivity index (χ0) is 20.0. The molecule has 0 fully saturated rings. The number of hydrogen-bond donors (Lipinski definition) is 0. The number of thiophene rings is 3. The van der Waals surface area contributed by atoms with Crippen LogP contribution in [0.1, 0.15) is 16.1 Å². The highest BCUT2D eigenvalue weighted by atomic mass is 32.1. The van der Waals surface area contributed by atoms with Crippen LogP contribution in [0.2, 0.25) is 0 Å². The van der Waals surface area contributed by atoms with Crippen molar-refractivity contribution in [2.75, 3.05) is 0 Å². The maximum Gasteiger partial charge on any atom is 0.381 e. The summed E-state index contributed by atoms with van der Waals surface area (Å²) in [5.41, 5.74) is 5.35. The van der Waals surface area contributed by atoms with Gasteiger partial charge in [0.1, 0.15) is 6.20 Å². The zero-order valence-electron chi connectivity index (χ0n) is 16.1. The number of hydrogen-bond acceptors (Lipinski definition) is 3. The van der Waals surface area contributed by atoms with Gasteiger partial charge in [-0.3, -0.25) is 0 Å². The molecule has 0 atom stereocenters. The molecule has 5 heteroatoms. The van der Waals surface area contributed by atoms with E-state index in [9.17, 15) is 0 Å². The summed E-state index contributed by atoms with van der Waals surface area (Å²) >= 11 is 5.57. The largest absolute Gasteiger partial charge is 0.407 e. The zero-order valence-corrected chi connectivity index (χ0v) is 18.6. The maximum absolute atomic E-state index is 2.55. The summed E-state index contributed by atoms with van der Waals surface area (Å²) in [4.78, 5) is 1.35. The molecule has 1 aliphatic rings. The minimum atomic E-state index is -1.30. The van der Waals surface area contributed by atoms with Crippen molar-refractivity contribution in [2.45, 2.75) is 0 Å². The highest BCUT2D eigenvalue weighted by molar-refractivity contribution is 7.39. The van der Waals surface area contributed by atoms with Crippen LogP contribution in [-0.4, -0.2) is 6.28 Å². The summed E-state index contributed by atoms with van der Waals surface area (Å²) < 4.78 is 5.36. The molecular weight excluding hydrogens is 421 g/mol. The standard InChI is InChI=1S/C25H18BNS3/c1-2-9-19(10-3-1)24-20-11-4-5-15-27(20)26(22-13-7-17-29-22,23-14-8-18-30-23)25(24)21-12-6-16-28-21/h1-18H. The van der Waals surface area contributed by atoms with Gasteiger partial charge in [0.25, 0.3) is 0 Å². The smallest absolute Gasteiger partial charge is 0.381 e. The molecule has 4 aromatic heterocycles. The van der Waals surface area contributed by atoms with Crippen molar-refractivity contribution in [1.82, 2.24) is 0 Å². The summed E-state index contributed by atoms with van der Waals surface area (Å²) in [5.74, 6) is 0. The van der Waals surface area contributed by atoms with Crippen LogP contribution in [-0.2, 0) is 0 Å². The van der Waals surface area contributed by atoms with E-state index in [1.54, 1.807) is 0 Å². The summed E-state index contributed by atoms with van der Waals surface area (Å²) in [7, 11) is 0. The molecule has 0 saturated carbocycles. The normalized spacial score (nSPS) is 14.8. The van der Waals surface area contributed by atoms with Crippen molar-refractivity contribution in [3.8, 4) is 0 Å². The second-order valence-electron chi connectivity index (χ2n) is 7.48. The molecule has 0 amide bonds. The van der Waals surface area contributed by atoms with E-state index in [1.807, 2.05) is 34.0 Å². The second-order valence-corrected chi connectivity index (χ2v) is 10.4. The van der Waals surface area contributed by atoms with E-state index in [0.717, 1.165) is 0 Å². The van der Waals surface area contributed by atoms with Gasteiger partial charge in [0, 0.05) is 16.5 Å². The van der Waals surface area contributed by atoms with E-state index in [2.05, 4.69) is 112 Å². The predicted octanol–water partition coefficient (Wildman–Crippen LogP) is 5.28. The van der Waals surface area contributed by atoms with Crippen LogP contribution in [0, 0.1) is 0 Å². The topological polar surface area (TPSA) is 3.88 Å². The van der Waals surface area contributed by atoms with Crippen LogP contribution in [0.3, 0.4) is 0 Å². The molecule has 1 nitrogen and oxygen atoms in total. The lowest BCUT2D eigenvalue weighted by Gasteiger charge is -2.32. The van der Waals surface area contributed by atoms with Gasteiger partial charge in [-0.2, -0.15) is 22.7 Å². The first-order chi connectivity index (χ1) is 14.9. The first-order valence-corrected chi connectivity index (χ1v) is 12.6. The lowest BCUT2D eigenvalue weighted by molar-refractivity contribution is -0.539. The molecule has 0 saturated heterocycles. The highest BCUT2D eigenvalue weighted by Gasteiger charge is 2.53. The van der Waals surface area contributed by atoms with Gasteiger partial charge < -0.3 is 4.48 Å². The first-order valence-electron chi connectivity index (χ1n) is 9.99. The number of rotatable bonds is 4. The van der Waals surface area contributed by atoms with E-state index in [4.69, 9.17) is 0 Å². The summed E-state index contributed by atoms with van der Waals surface area (Å²) in [6.45, 7) is 0. The Labute approximate surface area is 188 Å². The molecule has 30 heavy (non-hydrogen) atoms. The molecule has 0 N–H and O–H groups in total. The Kier molecular flexibility index (Phi) is 4.34. The minimum absolute atomic E-state index is 1.28. The van der Waals surface area contributed by atoms with Crippen LogP contribution >= 0.6 is 34.0 Å². The van der Waals surface area contributed by atoms with Crippen molar-refractivity contribution in [1.29, 1.82) is 0 Å². The molecule has 0 spiro atoms. The number of benzene rings is 1. The van der Waals surface area contributed by atoms with E-state index in [1.165, 1.54) is 36.7 Å².